The number of halogens is 2. The van der Waals surface area contributed by atoms with Crippen molar-refractivity contribution in [2.45, 2.75) is 11.8 Å². The lowest BCUT2D eigenvalue weighted by molar-refractivity contribution is 0.591. The van der Waals surface area contributed by atoms with E-state index in [1.807, 2.05) is 6.07 Å². The smallest absolute Gasteiger partial charge is 0.265 e. The van der Waals surface area contributed by atoms with Crippen molar-refractivity contribution in [3.05, 3.63) is 76.9 Å². The lowest BCUT2D eigenvalue weighted by Gasteiger charge is -2.22. The van der Waals surface area contributed by atoms with Crippen LogP contribution >= 0.6 is 23.2 Å². The van der Waals surface area contributed by atoms with Crippen LogP contribution in [0.15, 0.2) is 71.8 Å². The number of hydrogen-bond donors (Lipinski definition) is 1. The van der Waals surface area contributed by atoms with E-state index in [2.05, 4.69) is 10.3 Å². The van der Waals surface area contributed by atoms with Crippen LogP contribution in [-0.2, 0) is 10.0 Å². The van der Waals surface area contributed by atoms with E-state index in [1.165, 1.54) is 16.6 Å². The highest BCUT2D eigenvalue weighted by molar-refractivity contribution is 7.92. The highest BCUT2D eigenvalue weighted by Gasteiger charge is 2.23. The summed E-state index contributed by atoms with van der Waals surface area (Å²) in [5.41, 5.74) is 1.31. The third-order valence-corrected chi connectivity index (χ3v) is 6.47. The molecule has 8 heteroatoms. The first-order valence-electron chi connectivity index (χ1n) is 8.17. The van der Waals surface area contributed by atoms with Gasteiger partial charge in [-0.3, -0.25) is 4.31 Å². The molecule has 0 unspecified atom stereocenters. The number of nitrogens with zero attached hydrogens (tertiary/aromatic N) is 2. The van der Waals surface area contributed by atoms with Gasteiger partial charge in [0.05, 0.1) is 15.7 Å². The van der Waals surface area contributed by atoms with Crippen LogP contribution in [0.2, 0.25) is 10.0 Å². The van der Waals surface area contributed by atoms with Gasteiger partial charge in [-0.05, 0) is 49.4 Å². The minimum absolute atomic E-state index is 0.118. The molecule has 3 aromatic rings. The Bertz CT molecular complexity index is 1030. The average Bonchev–Trinajstić information content (AvgIpc) is 2.66. The van der Waals surface area contributed by atoms with Crippen molar-refractivity contribution in [3.8, 4) is 0 Å². The summed E-state index contributed by atoms with van der Waals surface area (Å²) < 4.78 is 27.2. The lowest BCUT2D eigenvalue weighted by Crippen LogP contribution is -2.30. The molecule has 0 saturated heterocycles. The van der Waals surface area contributed by atoms with E-state index in [9.17, 15) is 8.42 Å². The van der Waals surface area contributed by atoms with Gasteiger partial charge in [0, 0.05) is 18.4 Å². The summed E-state index contributed by atoms with van der Waals surface area (Å²) in [5, 5.41) is 3.94. The quantitative estimate of drug-likeness (QED) is 0.582. The molecule has 0 aliphatic heterocycles. The number of nitrogens with one attached hydrogen (secondary N) is 1. The summed E-state index contributed by atoms with van der Waals surface area (Å²) >= 11 is 11.9. The second-order valence-electron chi connectivity index (χ2n) is 5.64. The van der Waals surface area contributed by atoms with Crippen molar-refractivity contribution < 1.29 is 8.42 Å². The standard InChI is InChI=1S/C19H17Cl2N3O2S/c1-2-24(15-6-4-3-5-7-15)27(25,26)16-9-11-19(22-13-16)23-14-8-10-17(20)18(21)12-14/h3-13H,2H2,1H3,(H,22,23). The molecule has 1 aromatic heterocycles. The van der Waals surface area contributed by atoms with E-state index in [4.69, 9.17) is 23.2 Å². The number of rotatable bonds is 6. The maximum absolute atomic E-state index is 12.9. The predicted octanol–water partition coefficient (Wildman–Crippen LogP) is 5.35. The van der Waals surface area contributed by atoms with Gasteiger partial charge in [-0.2, -0.15) is 0 Å². The van der Waals surface area contributed by atoms with Crippen molar-refractivity contribution >= 4 is 50.4 Å². The Labute approximate surface area is 168 Å². The molecule has 0 fully saturated rings. The maximum Gasteiger partial charge on any atom is 0.265 e. The minimum atomic E-state index is -3.70. The van der Waals surface area contributed by atoms with Gasteiger partial charge >= 0.3 is 0 Å². The minimum Gasteiger partial charge on any atom is -0.340 e. The van der Waals surface area contributed by atoms with Crippen LogP contribution < -0.4 is 9.62 Å². The molecule has 1 heterocycles. The molecule has 0 spiro atoms. The molecule has 0 saturated carbocycles. The Morgan fingerprint density at radius 2 is 1.74 bits per heavy atom. The molecule has 0 atom stereocenters. The van der Waals surface area contributed by atoms with E-state index in [-0.39, 0.29) is 4.90 Å². The van der Waals surface area contributed by atoms with E-state index in [0.29, 0.717) is 33.8 Å². The largest absolute Gasteiger partial charge is 0.340 e. The van der Waals surface area contributed by atoms with Crippen LogP contribution in [0.5, 0.6) is 0 Å². The van der Waals surface area contributed by atoms with Crippen LogP contribution in [0.3, 0.4) is 0 Å². The zero-order valence-corrected chi connectivity index (χ0v) is 16.8. The fraction of sp³-hybridized carbons (Fsp3) is 0.105. The molecule has 0 bridgehead atoms. The molecule has 27 heavy (non-hydrogen) atoms. The molecule has 0 radical (unpaired) electrons. The number of sulfonamides is 1. The molecule has 1 N–H and O–H groups in total. The van der Waals surface area contributed by atoms with Gasteiger partial charge in [-0.15, -0.1) is 0 Å². The maximum atomic E-state index is 12.9. The SMILES string of the molecule is CCN(c1ccccc1)S(=O)(=O)c1ccc(Nc2ccc(Cl)c(Cl)c2)nc1. The number of aromatic nitrogens is 1. The third-order valence-electron chi connectivity index (χ3n) is 3.85. The Hall–Kier alpha value is -2.28. The summed E-state index contributed by atoms with van der Waals surface area (Å²) in [6.45, 7) is 2.10. The lowest BCUT2D eigenvalue weighted by atomic mass is 10.3. The number of hydrogen-bond acceptors (Lipinski definition) is 4. The number of anilines is 3. The molecule has 3 rings (SSSR count). The molecule has 0 aliphatic rings. The van der Waals surface area contributed by atoms with Crippen molar-refractivity contribution in [3.63, 3.8) is 0 Å². The van der Waals surface area contributed by atoms with Crippen LogP contribution in [-0.4, -0.2) is 19.9 Å². The molecular formula is C19H17Cl2N3O2S. The fourth-order valence-corrected chi connectivity index (χ4v) is 4.26. The monoisotopic (exact) mass is 421 g/mol. The first-order valence-corrected chi connectivity index (χ1v) is 10.4. The Morgan fingerprint density at radius 3 is 2.33 bits per heavy atom. The second-order valence-corrected chi connectivity index (χ2v) is 8.32. The summed E-state index contributed by atoms with van der Waals surface area (Å²) in [4.78, 5) is 4.33. The first-order chi connectivity index (χ1) is 12.9. The van der Waals surface area contributed by atoms with Gasteiger partial charge in [0.15, 0.2) is 0 Å². The zero-order chi connectivity index (χ0) is 19.4. The van der Waals surface area contributed by atoms with Crippen molar-refractivity contribution in [1.82, 2.24) is 4.98 Å². The van der Waals surface area contributed by atoms with E-state index in [0.717, 1.165) is 0 Å². The van der Waals surface area contributed by atoms with Gasteiger partial charge < -0.3 is 5.32 Å². The van der Waals surface area contributed by atoms with Gasteiger partial charge in [-0.1, -0.05) is 41.4 Å². The highest BCUT2D eigenvalue weighted by atomic mass is 35.5. The number of benzene rings is 2. The normalized spacial score (nSPS) is 11.2. The summed E-state index contributed by atoms with van der Waals surface area (Å²) in [6.07, 6.45) is 1.33. The van der Waals surface area contributed by atoms with Gasteiger partial charge in [-0.25, -0.2) is 13.4 Å². The van der Waals surface area contributed by atoms with Crippen molar-refractivity contribution in [1.29, 1.82) is 0 Å². The topological polar surface area (TPSA) is 62.3 Å². The van der Waals surface area contributed by atoms with E-state index in [1.54, 1.807) is 55.5 Å². The van der Waals surface area contributed by atoms with Gasteiger partial charge in [0.25, 0.3) is 10.0 Å². The fourth-order valence-electron chi connectivity index (χ4n) is 2.54. The predicted molar refractivity (Wildman–Crippen MR) is 111 cm³/mol. The second kappa shape index (κ2) is 8.17. The highest BCUT2D eigenvalue weighted by Crippen LogP contribution is 2.27. The molecule has 0 amide bonds. The van der Waals surface area contributed by atoms with Crippen LogP contribution in [0.1, 0.15) is 6.92 Å². The molecular weight excluding hydrogens is 405 g/mol. The number of para-hydroxylation sites is 1. The Balaban J connectivity index is 1.84. The van der Waals surface area contributed by atoms with Crippen molar-refractivity contribution in [2.24, 2.45) is 0 Å². The molecule has 0 aliphatic carbocycles. The molecule has 5 nitrogen and oxygen atoms in total. The molecule has 2 aromatic carbocycles. The Morgan fingerprint density at radius 1 is 1.00 bits per heavy atom. The molecule has 140 valence electrons. The van der Waals surface area contributed by atoms with Crippen LogP contribution in [0.4, 0.5) is 17.2 Å². The van der Waals surface area contributed by atoms with E-state index < -0.39 is 10.0 Å². The average molecular weight is 422 g/mol. The van der Waals surface area contributed by atoms with Gasteiger partial charge in [0.2, 0.25) is 0 Å². The summed E-state index contributed by atoms with van der Waals surface area (Å²) in [5.74, 6) is 0.495. The summed E-state index contributed by atoms with van der Waals surface area (Å²) in [6, 6.07) is 17.2. The Kier molecular flexibility index (Phi) is 5.89. The summed E-state index contributed by atoms with van der Waals surface area (Å²) in [7, 11) is -3.70. The van der Waals surface area contributed by atoms with Gasteiger partial charge in [0.1, 0.15) is 10.7 Å². The number of pyridine rings is 1. The van der Waals surface area contributed by atoms with Crippen LogP contribution in [0, 0.1) is 0 Å². The van der Waals surface area contributed by atoms with Crippen LogP contribution in [0.25, 0.3) is 0 Å². The third kappa shape index (κ3) is 4.35. The zero-order valence-electron chi connectivity index (χ0n) is 14.4. The first kappa shape index (κ1) is 19.5. The van der Waals surface area contributed by atoms with E-state index >= 15 is 0 Å². The van der Waals surface area contributed by atoms with Crippen molar-refractivity contribution in [2.75, 3.05) is 16.2 Å².